The van der Waals surface area contributed by atoms with Crippen molar-refractivity contribution in [3.05, 3.63) is 35.9 Å². The van der Waals surface area contributed by atoms with Crippen LogP contribution in [-0.4, -0.2) is 31.6 Å². The number of likely N-dealkylation sites (N-methyl/N-ethyl adjacent to an activating group) is 1. The summed E-state index contributed by atoms with van der Waals surface area (Å²) in [6, 6.07) is 10.5. The Morgan fingerprint density at radius 1 is 1.26 bits per heavy atom. The van der Waals surface area contributed by atoms with Crippen LogP contribution in [0.15, 0.2) is 30.3 Å². The van der Waals surface area contributed by atoms with Crippen LogP contribution in [0.3, 0.4) is 0 Å². The van der Waals surface area contributed by atoms with E-state index in [4.69, 9.17) is 0 Å². The molecule has 0 aromatic heterocycles. The highest BCUT2D eigenvalue weighted by Gasteiger charge is 2.21. The molecular weight excluding hydrogens is 238 g/mol. The van der Waals surface area contributed by atoms with E-state index in [0.29, 0.717) is 13.1 Å². The Morgan fingerprint density at radius 3 is 2.47 bits per heavy atom. The van der Waals surface area contributed by atoms with E-state index >= 15 is 0 Å². The second-order valence-corrected chi connectivity index (χ2v) is 5.47. The SMILES string of the molecule is CNCC(=O)NCC(C)(C)NC(C)c1ccccc1. The van der Waals surface area contributed by atoms with Crippen molar-refractivity contribution < 1.29 is 4.79 Å². The Morgan fingerprint density at radius 2 is 1.89 bits per heavy atom. The number of rotatable bonds is 7. The molecule has 0 bridgehead atoms. The van der Waals surface area contributed by atoms with E-state index in [1.165, 1.54) is 5.56 Å². The zero-order chi connectivity index (χ0) is 14.3. The van der Waals surface area contributed by atoms with Gasteiger partial charge in [-0.05, 0) is 33.4 Å². The van der Waals surface area contributed by atoms with Crippen LogP contribution >= 0.6 is 0 Å². The largest absolute Gasteiger partial charge is 0.353 e. The van der Waals surface area contributed by atoms with Crippen LogP contribution in [0.25, 0.3) is 0 Å². The molecule has 0 aliphatic heterocycles. The predicted molar refractivity (Wildman–Crippen MR) is 79.0 cm³/mol. The first-order chi connectivity index (χ1) is 8.94. The van der Waals surface area contributed by atoms with Gasteiger partial charge >= 0.3 is 0 Å². The van der Waals surface area contributed by atoms with Crippen molar-refractivity contribution in [3.63, 3.8) is 0 Å². The van der Waals surface area contributed by atoms with E-state index in [-0.39, 0.29) is 17.5 Å². The molecule has 0 spiro atoms. The van der Waals surface area contributed by atoms with Crippen molar-refractivity contribution >= 4 is 5.91 Å². The molecule has 0 aliphatic carbocycles. The molecule has 1 amide bonds. The molecule has 1 unspecified atom stereocenters. The lowest BCUT2D eigenvalue weighted by Gasteiger charge is -2.30. The number of carbonyl (C=O) groups is 1. The Bertz CT molecular complexity index is 390. The second-order valence-electron chi connectivity index (χ2n) is 5.47. The number of hydrogen-bond acceptors (Lipinski definition) is 3. The van der Waals surface area contributed by atoms with Crippen LogP contribution < -0.4 is 16.0 Å². The molecule has 3 N–H and O–H groups in total. The van der Waals surface area contributed by atoms with Crippen molar-refractivity contribution in [1.82, 2.24) is 16.0 Å². The van der Waals surface area contributed by atoms with E-state index < -0.39 is 0 Å². The van der Waals surface area contributed by atoms with Crippen LogP contribution in [0.1, 0.15) is 32.4 Å². The molecule has 1 rings (SSSR count). The third-order valence-corrected chi connectivity index (χ3v) is 2.97. The zero-order valence-electron chi connectivity index (χ0n) is 12.3. The van der Waals surface area contributed by atoms with Crippen LogP contribution in [0.4, 0.5) is 0 Å². The highest BCUT2D eigenvalue weighted by atomic mass is 16.1. The fourth-order valence-electron chi connectivity index (χ4n) is 2.00. The van der Waals surface area contributed by atoms with Gasteiger partial charge in [-0.1, -0.05) is 30.3 Å². The van der Waals surface area contributed by atoms with Crippen molar-refractivity contribution in [1.29, 1.82) is 0 Å². The number of benzene rings is 1. The monoisotopic (exact) mass is 263 g/mol. The molecule has 0 heterocycles. The summed E-state index contributed by atoms with van der Waals surface area (Å²) in [6.07, 6.45) is 0. The van der Waals surface area contributed by atoms with Crippen molar-refractivity contribution in [2.24, 2.45) is 0 Å². The van der Waals surface area contributed by atoms with Gasteiger partial charge < -0.3 is 16.0 Å². The van der Waals surface area contributed by atoms with Gasteiger partial charge in [0.15, 0.2) is 0 Å². The summed E-state index contributed by atoms with van der Waals surface area (Å²) in [5, 5.41) is 9.29. The van der Waals surface area contributed by atoms with Gasteiger partial charge in [-0.3, -0.25) is 4.79 Å². The minimum atomic E-state index is -0.154. The molecule has 0 fully saturated rings. The molecule has 0 saturated heterocycles. The number of nitrogens with one attached hydrogen (secondary N) is 3. The second kappa shape index (κ2) is 7.26. The van der Waals surface area contributed by atoms with Crippen molar-refractivity contribution in [2.45, 2.75) is 32.4 Å². The Labute approximate surface area is 116 Å². The lowest BCUT2D eigenvalue weighted by atomic mass is 10.0. The standard InChI is InChI=1S/C15H25N3O/c1-12(13-8-6-5-7-9-13)18-15(2,3)11-17-14(19)10-16-4/h5-9,12,16,18H,10-11H2,1-4H3,(H,17,19). The molecule has 0 aliphatic rings. The predicted octanol–water partition coefficient (Wildman–Crippen LogP) is 1.45. The summed E-state index contributed by atoms with van der Waals surface area (Å²) in [5.41, 5.74) is 1.09. The summed E-state index contributed by atoms with van der Waals surface area (Å²) < 4.78 is 0. The Kier molecular flexibility index (Phi) is 5.99. The van der Waals surface area contributed by atoms with Crippen LogP contribution in [0.5, 0.6) is 0 Å². The highest BCUT2D eigenvalue weighted by Crippen LogP contribution is 2.15. The van der Waals surface area contributed by atoms with Gasteiger partial charge in [-0.15, -0.1) is 0 Å². The van der Waals surface area contributed by atoms with E-state index in [1.54, 1.807) is 7.05 Å². The van der Waals surface area contributed by atoms with Crippen LogP contribution in [0.2, 0.25) is 0 Å². The third kappa shape index (κ3) is 5.85. The summed E-state index contributed by atoms with van der Waals surface area (Å²) in [4.78, 5) is 11.4. The van der Waals surface area contributed by atoms with Gasteiger partial charge in [-0.2, -0.15) is 0 Å². The maximum Gasteiger partial charge on any atom is 0.234 e. The average molecular weight is 263 g/mol. The van der Waals surface area contributed by atoms with Crippen molar-refractivity contribution in [2.75, 3.05) is 20.1 Å². The highest BCUT2D eigenvalue weighted by molar-refractivity contribution is 5.78. The van der Waals surface area contributed by atoms with Gasteiger partial charge in [0.25, 0.3) is 0 Å². The molecule has 4 nitrogen and oxygen atoms in total. The Hall–Kier alpha value is -1.39. The van der Waals surface area contributed by atoms with Gasteiger partial charge in [-0.25, -0.2) is 0 Å². The smallest absolute Gasteiger partial charge is 0.234 e. The molecule has 4 heteroatoms. The Balaban J connectivity index is 2.47. The maximum atomic E-state index is 11.4. The van der Waals surface area contributed by atoms with Gasteiger partial charge in [0.05, 0.1) is 6.54 Å². The molecule has 1 aromatic carbocycles. The van der Waals surface area contributed by atoms with E-state index in [9.17, 15) is 4.79 Å². The lowest BCUT2D eigenvalue weighted by Crippen LogP contribution is -2.50. The molecule has 1 aromatic rings. The van der Waals surface area contributed by atoms with E-state index in [2.05, 4.69) is 48.9 Å². The summed E-state index contributed by atoms with van der Waals surface area (Å²) in [6.45, 7) is 7.26. The fraction of sp³-hybridized carbons (Fsp3) is 0.533. The summed E-state index contributed by atoms with van der Waals surface area (Å²) in [7, 11) is 1.76. The van der Waals surface area contributed by atoms with E-state index in [1.807, 2.05) is 18.2 Å². The molecule has 106 valence electrons. The molecule has 0 radical (unpaired) electrons. The maximum absolute atomic E-state index is 11.4. The first-order valence-electron chi connectivity index (χ1n) is 6.68. The van der Waals surface area contributed by atoms with Crippen molar-refractivity contribution in [3.8, 4) is 0 Å². The molecule has 1 atom stereocenters. The molecule has 0 saturated carbocycles. The van der Waals surface area contributed by atoms with Gasteiger partial charge in [0.2, 0.25) is 5.91 Å². The fourth-order valence-corrected chi connectivity index (χ4v) is 2.00. The molecular formula is C15H25N3O. The molecule has 19 heavy (non-hydrogen) atoms. The van der Waals surface area contributed by atoms with Gasteiger partial charge in [0, 0.05) is 18.1 Å². The number of hydrogen-bond donors (Lipinski definition) is 3. The average Bonchev–Trinajstić information content (AvgIpc) is 2.37. The van der Waals surface area contributed by atoms with E-state index in [0.717, 1.165) is 0 Å². The first kappa shape index (κ1) is 15.7. The lowest BCUT2D eigenvalue weighted by molar-refractivity contribution is -0.120. The summed E-state index contributed by atoms with van der Waals surface area (Å²) >= 11 is 0. The quantitative estimate of drug-likeness (QED) is 0.698. The normalized spacial score (nSPS) is 13.1. The van der Waals surface area contributed by atoms with Crippen LogP contribution in [0, 0.1) is 0 Å². The number of carbonyl (C=O) groups excluding carboxylic acids is 1. The summed E-state index contributed by atoms with van der Waals surface area (Å²) in [5.74, 6) is 0.0183. The number of amides is 1. The van der Waals surface area contributed by atoms with Gasteiger partial charge in [0.1, 0.15) is 0 Å². The van der Waals surface area contributed by atoms with Crippen LogP contribution in [-0.2, 0) is 4.79 Å². The third-order valence-electron chi connectivity index (χ3n) is 2.97. The minimum Gasteiger partial charge on any atom is -0.353 e. The first-order valence-corrected chi connectivity index (χ1v) is 6.68. The zero-order valence-corrected chi connectivity index (χ0v) is 12.3. The topological polar surface area (TPSA) is 53.2 Å². The minimum absolute atomic E-state index is 0.0183.